The fourth-order valence-corrected chi connectivity index (χ4v) is 3.61. The van der Waals surface area contributed by atoms with Gasteiger partial charge in [-0.15, -0.1) is 0 Å². The van der Waals surface area contributed by atoms with Crippen LogP contribution in [-0.2, 0) is 17.8 Å². The van der Waals surface area contributed by atoms with Crippen molar-refractivity contribution >= 4 is 16.8 Å². The maximum atomic E-state index is 12.6. The Kier molecular flexibility index (Phi) is 4.07. The van der Waals surface area contributed by atoms with Crippen LogP contribution in [0.4, 0.5) is 0 Å². The van der Waals surface area contributed by atoms with Gasteiger partial charge in [0, 0.05) is 49.1 Å². The lowest BCUT2D eigenvalue weighted by Crippen LogP contribution is -2.40. The van der Waals surface area contributed by atoms with Gasteiger partial charge in [-0.2, -0.15) is 0 Å². The van der Waals surface area contributed by atoms with Crippen molar-refractivity contribution in [1.82, 2.24) is 19.4 Å². The molecule has 0 saturated carbocycles. The number of imidazole rings is 1. The molecular weight excluding hydrogens is 300 g/mol. The van der Waals surface area contributed by atoms with Gasteiger partial charge in [0.05, 0.1) is 12.7 Å². The number of nitrogens with one attached hydrogen (secondary N) is 1. The van der Waals surface area contributed by atoms with E-state index < -0.39 is 0 Å². The number of H-pyrrole nitrogens is 1. The predicted octanol–water partition coefficient (Wildman–Crippen LogP) is 2.85. The summed E-state index contributed by atoms with van der Waals surface area (Å²) >= 11 is 0. The van der Waals surface area contributed by atoms with Crippen LogP contribution in [0.3, 0.4) is 0 Å². The molecule has 3 heterocycles. The summed E-state index contributed by atoms with van der Waals surface area (Å²) in [5.41, 5.74) is 2.19. The van der Waals surface area contributed by atoms with Gasteiger partial charge in [0.25, 0.3) is 0 Å². The third-order valence-electron chi connectivity index (χ3n) is 5.01. The molecule has 1 amide bonds. The summed E-state index contributed by atoms with van der Waals surface area (Å²) in [6.45, 7) is 2.73. The molecule has 4 rings (SSSR count). The summed E-state index contributed by atoms with van der Waals surface area (Å²) in [7, 11) is 0. The van der Waals surface area contributed by atoms with E-state index >= 15 is 0 Å². The van der Waals surface area contributed by atoms with Gasteiger partial charge in [-0.05, 0) is 30.4 Å². The minimum absolute atomic E-state index is 0.237. The van der Waals surface area contributed by atoms with Gasteiger partial charge in [-0.3, -0.25) is 4.79 Å². The van der Waals surface area contributed by atoms with E-state index in [4.69, 9.17) is 0 Å². The molecule has 3 aromatic rings. The summed E-state index contributed by atoms with van der Waals surface area (Å²) in [5.74, 6) is 0.872. The van der Waals surface area contributed by atoms with Crippen LogP contribution in [0.1, 0.15) is 18.4 Å². The Hall–Kier alpha value is -2.56. The second kappa shape index (κ2) is 6.51. The molecule has 1 fully saturated rings. The molecule has 1 aromatic carbocycles. The number of para-hydroxylation sites is 1. The summed E-state index contributed by atoms with van der Waals surface area (Å²) < 4.78 is 2.13. The minimum Gasteiger partial charge on any atom is -0.361 e. The lowest BCUT2D eigenvalue weighted by Gasteiger charge is -2.32. The average molecular weight is 322 g/mol. The summed E-state index contributed by atoms with van der Waals surface area (Å²) in [5, 5.41) is 1.15. The number of fused-ring (bicyclic) bond motifs is 1. The Morgan fingerprint density at radius 2 is 2.08 bits per heavy atom. The molecule has 124 valence electrons. The lowest BCUT2D eigenvalue weighted by molar-refractivity contribution is -0.131. The molecule has 1 N–H and O–H groups in total. The van der Waals surface area contributed by atoms with Crippen LogP contribution in [0.5, 0.6) is 0 Å². The first kappa shape index (κ1) is 15.0. The number of nitrogens with zero attached hydrogens (tertiary/aromatic N) is 3. The molecule has 0 unspecified atom stereocenters. The van der Waals surface area contributed by atoms with Crippen LogP contribution < -0.4 is 0 Å². The van der Waals surface area contributed by atoms with Gasteiger partial charge in [0.2, 0.25) is 5.91 Å². The molecule has 1 aliphatic rings. The van der Waals surface area contributed by atoms with E-state index in [0.29, 0.717) is 12.3 Å². The van der Waals surface area contributed by atoms with Gasteiger partial charge in [0.1, 0.15) is 0 Å². The van der Waals surface area contributed by atoms with Crippen LogP contribution >= 0.6 is 0 Å². The zero-order valence-electron chi connectivity index (χ0n) is 13.7. The van der Waals surface area contributed by atoms with Crippen molar-refractivity contribution in [2.45, 2.75) is 25.8 Å². The largest absolute Gasteiger partial charge is 0.361 e. The third-order valence-corrected chi connectivity index (χ3v) is 5.01. The smallest absolute Gasteiger partial charge is 0.227 e. The van der Waals surface area contributed by atoms with Crippen molar-refractivity contribution in [3.8, 4) is 0 Å². The normalized spacial score (nSPS) is 15.9. The zero-order valence-corrected chi connectivity index (χ0v) is 13.7. The average Bonchev–Trinajstić information content (AvgIpc) is 3.26. The van der Waals surface area contributed by atoms with Gasteiger partial charge < -0.3 is 14.5 Å². The molecule has 0 bridgehead atoms. The Balaban J connectivity index is 1.34. The molecule has 0 radical (unpaired) electrons. The van der Waals surface area contributed by atoms with E-state index in [1.165, 1.54) is 0 Å². The van der Waals surface area contributed by atoms with Gasteiger partial charge >= 0.3 is 0 Å². The first-order valence-corrected chi connectivity index (χ1v) is 8.58. The molecule has 24 heavy (non-hydrogen) atoms. The van der Waals surface area contributed by atoms with E-state index in [9.17, 15) is 4.79 Å². The molecule has 0 aliphatic carbocycles. The second-order valence-corrected chi connectivity index (χ2v) is 6.62. The fraction of sp³-hybridized carbons (Fsp3) is 0.368. The van der Waals surface area contributed by atoms with Crippen molar-refractivity contribution in [3.63, 3.8) is 0 Å². The highest BCUT2D eigenvalue weighted by Crippen LogP contribution is 2.22. The number of likely N-dealkylation sites (tertiary alicyclic amines) is 1. The van der Waals surface area contributed by atoms with E-state index in [1.807, 2.05) is 48.0 Å². The third kappa shape index (κ3) is 3.07. The zero-order chi connectivity index (χ0) is 16.4. The van der Waals surface area contributed by atoms with Crippen molar-refractivity contribution in [2.24, 2.45) is 5.92 Å². The molecule has 5 heteroatoms. The standard InChI is InChI=1S/C19H22N4O/c24-19(11-16-12-21-18-4-2-1-3-17(16)18)23-8-5-15(6-9-23)13-22-10-7-20-14-22/h1-4,7,10,12,14-15,21H,5-6,8-9,11,13H2. The Morgan fingerprint density at radius 1 is 1.25 bits per heavy atom. The maximum Gasteiger partial charge on any atom is 0.227 e. The van der Waals surface area contributed by atoms with Crippen LogP contribution in [0, 0.1) is 5.92 Å². The first-order valence-electron chi connectivity index (χ1n) is 8.58. The molecule has 0 spiro atoms. The highest BCUT2D eigenvalue weighted by Gasteiger charge is 2.23. The molecule has 1 aliphatic heterocycles. The van der Waals surface area contributed by atoms with Crippen LogP contribution in [-0.4, -0.2) is 38.4 Å². The number of hydrogen-bond acceptors (Lipinski definition) is 2. The van der Waals surface area contributed by atoms with Crippen molar-refractivity contribution in [1.29, 1.82) is 0 Å². The Bertz CT molecular complexity index is 813. The summed E-state index contributed by atoms with van der Waals surface area (Å²) in [4.78, 5) is 22.0. The molecule has 2 aromatic heterocycles. The number of carbonyl (C=O) groups excluding carboxylic acids is 1. The maximum absolute atomic E-state index is 12.6. The van der Waals surface area contributed by atoms with E-state index in [0.717, 1.165) is 48.9 Å². The fourth-order valence-electron chi connectivity index (χ4n) is 3.61. The topological polar surface area (TPSA) is 53.9 Å². The van der Waals surface area contributed by atoms with Gasteiger partial charge in [-0.25, -0.2) is 4.98 Å². The van der Waals surface area contributed by atoms with E-state index in [2.05, 4.69) is 20.6 Å². The number of aromatic nitrogens is 3. The number of hydrogen-bond donors (Lipinski definition) is 1. The molecule has 0 atom stereocenters. The second-order valence-electron chi connectivity index (χ2n) is 6.62. The van der Waals surface area contributed by atoms with Crippen LogP contribution in [0.25, 0.3) is 10.9 Å². The number of amides is 1. The van der Waals surface area contributed by atoms with E-state index in [-0.39, 0.29) is 5.91 Å². The monoisotopic (exact) mass is 322 g/mol. The SMILES string of the molecule is O=C(Cc1c[nH]c2ccccc12)N1CCC(Cn2ccnc2)CC1. The molecule has 1 saturated heterocycles. The lowest BCUT2D eigenvalue weighted by atomic mass is 9.96. The molecule has 5 nitrogen and oxygen atoms in total. The van der Waals surface area contributed by atoms with Crippen LogP contribution in [0.15, 0.2) is 49.2 Å². The number of carbonyl (C=O) groups is 1. The summed E-state index contributed by atoms with van der Waals surface area (Å²) in [6.07, 6.45) is 10.3. The Labute approximate surface area is 141 Å². The first-order chi connectivity index (χ1) is 11.8. The van der Waals surface area contributed by atoms with Crippen molar-refractivity contribution in [3.05, 3.63) is 54.7 Å². The van der Waals surface area contributed by atoms with Crippen molar-refractivity contribution in [2.75, 3.05) is 13.1 Å². The van der Waals surface area contributed by atoms with E-state index in [1.54, 1.807) is 0 Å². The van der Waals surface area contributed by atoms with Gasteiger partial charge in [0.15, 0.2) is 0 Å². The number of aromatic amines is 1. The predicted molar refractivity (Wildman–Crippen MR) is 93.5 cm³/mol. The number of benzene rings is 1. The van der Waals surface area contributed by atoms with Crippen molar-refractivity contribution < 1.29 is 4.79 Å². The van der Waals surface area contributed by atoms with Gasteiger partial charge in [-0.1, -0.05) is 18.2 Å². The highest BCUT2D eigenvalue weighted by atomic mass is 16.2. The van der Waals surface area contributed by atoms with Crippen LogP contribution in [0.2, 0.25) is 0 Å². The number of rotatable bonds is 4. The minimum atomic E-state index is 0.237. The quantitative estimate of drug-likeness (QED) is 0.803. The molecular formula is C19H22N4O. The highest BCUT2D eigenvalue weighted by molar-refractivity contribution is 5.88. The summed E-state index contributed by atoms with van der Waals surface area (Å²) in [6, 6.07) is 8.15. The Morgan fingerprint density at radius 3 is 2.88 bits per heavy atom. The number of piperidine rings is 1.